The highest BCUT2D eigenvalue weighted by molar-refractivity contribution is 8.00. The standard InChI is InChI=1S/C10H17N5O2S/c1-5-15-7(3)13-14-10(15)18-6(2)8(16)12-9(17)11-4/h6H,5H2,1-4H3,(H2,11,12,16,17). The SMILES string of the molecule is CCn1c(C)nnc1SC(C)C(=O)NC(=O)NC. The molecular formula is C10H17N5O2S. The van der Waals surface area contributed by atoms with Crippen LogP contribution >= 0.6 is 11.8 Å². The molecule has 0 aliphatic carbocycles. The van der Waals surface area contributed by atoms with Crippen molar-refractivity contribution in [3.63, 3.8) is 0 Å². The number of urea groups is 1. The van der Waals surface area contributed by atoms with E-state index in [0.717, 1.165) is 12.4 Å². The van der Waals surface area contributed by atoms with Crippen molar-refractivity contribution in [3.8, 4) is 0 Å². The lowest BCUT2D eigenvalue weighted by Crippen LogP contribution is -2.41. The van der Waals surface area contributed by atoms with Crippen molar-refractivity contribution in [1.29, 1.82) is 0 Å². The second-order valence-corrected chi connectivity index (χ2v) is 4.91. The lowest BCUT2D eigenvalue weighted by molar-refractivity contribution is -0.119. The van der Waals surface area contributed by atoms with E-state index >= 15 is 0 Å². The Morgan fingerprint density at radius 3 is 2.67 bits per heavy atom. The van der Waals surface area contributed by atoms with E-state index in [2.05, 4.69) is 20.8 Å². The van der Waals surface area contributed by atoms with Gasteiger partial charge in [0.1, 0.15) is 5.82 Å². The van der Waals surface area contributed by atoms with E-state index in [1.165, 1.54) is 18.8 Å². The highest BCUT2D eigenvalue weighted by atomic mass is 32.2. The molecule has 1 rings (SSSR count). The fraction of sp³-hybridized carbons (Fsp3) is 0.600. The lowest BCUT2D eigenvalue weighted by atomic mass is 10.4. The van der Waals surface area contributed by atoms with Gasteiger partial charge in [-0.25, -0.2) is 4.79 Å². The van der Waals surface area contributed by atoms with Gasteiger partial charge in [-0.1, -0.05) is 11.8 Å². The Labute approximate surface area is 110 Å². The zero-order valence-corrected chi connectivity index (χ0v) is 11.7. The second-order valence-electron chi connectivity index (χ2n) is 3.60. The molecule has 100 valence electrons. The molecule has 0 aromatic carbocycles. The second kappa shape index (κ2) is 6.39. The number of aromatic nitrogens is 3. The summed E-state index contributed by atoms with van der Waals surface area (Å²) in [6, 6.07) is -0.513. The minimum absolute atomic E-state index is 0.359. The highest BCUT2D eigenvalue weighted by Gasteiger charge is 2.19. The Morgan fingerprint density at radius 2 is 2.11 bits per heavy atom. The topological polar surface area (TPSA) is 88.9 Å². The molecule has 18 heavy (non-hydrogen) atoms. The van der Waals surface area contributed by atoms with Gasteiger partial charge in [0.2, 0.25) is 5.91 Å². The van der Waals surface area contributed by atoms with Gasteiger partial charge in [0.05, 0.1) is 5.25 Å². The van der Waals surface area contributed by atoms with Gasteiger partial charge in [-0.05, 0) is 20.8 Å². The van der Waals surface area contributed by atoms with Crippen LogP contribution in [0, 0.1) is 6.92 Å². The van der Waals surface area contributed by atoms with Crippen molar-refractivity contribution in [3.05, 3.63) is 5.82 Å². The van der Waals surface area contributed by atoms with Gasteiger partial charge in [-0.15, -0.1) is 10.2 Å². The summed E-state index contributed by atoms with van der Waals surface area (Å²) in [4.78, 5) is 22.7. The van der Waals surface area contributed by atoms with Crippen LogP contribution in [0.15, 0.2) is 5.16 Å². The van der Waals surface area contributed by atoms with Crippen LogP contribution < -0.4 is 10.6 Å². The molecule has 7 nitrogen and oxygen atoms in total. The smallest absolute Gasteiger partial charge is 0.321 e. The van der Waals surface area contributed by atoms with E-state index in [0.29, 0.717) is 5.16 Å². The largest absolute Gasteiger partial charge is 0.341 e. The van der Waals surface area contributed by atoms with Crippen molar-refractivity contribution in [2.75, 3.05) is 7.05 Å². The maximum absolute atomic E-state index is 11.7. The summed E-state index contributed by atoms with van der Waals surface area (Å²) in [5.74, 6) is 0.446. The summed E-state index contributed by atoms with van der Waals surface area (Å²) in [6.45, 7) is 6.30. The molecule has 0 saturated heterocycles. The van der Waals surface area contributed by atoms with E-state index in [-0.39, 0.29) is 5.91 Å². The van der Waals surface area contributed by atoms with Gasteiger partial charge >= 0.3 is 6.03 Å². The number of imide groups is 1. The number of thioether (sulfide) groups is 1. The summed E-state index contributed by atoms with van der Waals surface area (Å²) >= 11 is 1.27. The first kappa shape index (κ1) is 14.5. The minimum atomic E-state index is -0.513. The number of aryl methyl sites for hydroxylation is 1. The van der Waals surface area contributed by atoms with Gasteiger partial charge in [0, 0.05) is 13.6 Å². The van der Waals surface area contributed by atoms with Gasteiger partial charge < -0.3 is 9.88 Å². The van der Waals surface area contributed by atoms with Gasteiger partial charge in [0.15, 0.2) is 5.16 Å². The molecule has 3 amide bonds. The van der Waals surface area contributed by atoms with Crippen LogP contribution in [0.1, 0.15) is 19.7 Å². The molecule has 0 saturated carbocycles. The van der Waals surface area contributed by atoms with Gasteiger partial charge in [0.25, 0.3) is 0 Å². The molecule has 1 aromatic heterocycles. The zero-order valence-electron chi connectivity index (χ0n) is 10.9. The van der Waals surface area contributed by atoms with Crippen molar-refractivity contribution < 1.29 is 9.59 Å². The van der Waals surface area contributed by atoms with Crippen LogP contribution in [0.3, 0.4) is 0 Å². The molecule has 0 spiro atoms. The lowest BCUT2D eigenvalue weighted by Gasteiger charge is -2.11. The molecule has 1 unspecified atom stereocenters. The Morgan fingerprint density at radius 1 is 1.44 bits per heavy atom. The number of hydrogen-bond donors (Lipinski definition) is 2. The number of amides is 3. The molecule has 2 N–H and O–H groups in total. The van der Waals surface area contributed by atoms with Crippen molar-refractivity contribution in [1.82, 2.24) is 25.4 Å². The molecule has 1 atom stereocenters. The predicted octanol–water partition coefficient (Wildman–Crippen LogP) is 0.543. The minimum Gasteiger partial charge on any atom is -0.341 e. The Balaban J connectivity index is 2.66. The van der Waals surface area contributed by atoms with E-state index in [9.17, 15) is 9.59 Å². The van der Waals surface area contributed by atoms with Crippen LogP contribution in [0.25, 0.3) is 0 Å². The summed E-state index contributed by atoms with van der Waals surface area (Å²) < 4.78 is 1.91. The summed E-state index contributed by atoms with van der Waals surface area (Å²) in [5.41, 5.74) is 0. The first-order valence-electron chi connectivity index (χ1n) is 5.58. The van der Waals surface area contributed by atoms with Crippen LogP contribution in [-0.2, 0) is 11.3 Å². The average Bonchev–Trinajstić information content (AvgIpc) is 2.69. The van der Waals surface area contributed by atoms with Crippen LogP contribution in [0.4, 0.5) is 4.79 Å². The van der Waals surface area contributed by atoms with Crippen LogP contribution in [0.2, 0.25) is 0 Å². The molecular weight excluding hydrogens is 254 g/mol. The van der Waals surface area contributed by atoms with Gasteiger partial charge in [-0.3, -0.25) is 10.1 Å². The van der Waals surface area contributed by atoms with Crippen molar-refractivity contribution >= 4 is 23.7 Å². The zero-order chi connectivity index (χ0) is 13.7. The maximum Gasteiger partial charge on any atom is 0.321 e. The molecule has 0 aliphatic heterocycles. The molecule has 0 bridgehead atoms. The van der Waals surface area contributed by atoms with E-state index in [1.54, 1.807) is 6.92 Å². The summed E-state index contributed by atoms with van der Waals surface area (Å²) in [5, 5.41) is 12.8. The first-order chi connectivity index (χ1) is 8.49. The molecule has 0 radical (unpaired) electrons. The normalized spacial score (nSPS) is 12.0. The Kier molecular flexibility index (Phi) is 5.14. The molecule has 8 heteroatoms. The fourth-order valence-corrected chi connectivity index (χ4v) is 2.26. The molecule has 1 heterocycles. The van der Waals surface area contributed by atoms with E-state index in [1.807, 2.05) is 18.4 Å². The highest BCUT2D eigenvalue weighted by Crippen LogP contribution is 2.22. The van der Waals surface area contributed by atoms with Crippen molar-refractivity contribution in [2.24, 2.45) is 0 Å². The number of carbonyl (C=O) groups is 2. The summed E-state index contributed by atoms with van der Waals surface area (Å²) in [6.07, 6.45) is 0. The Bertz CT molecular complexity index is 445. The maximum atomic E-state index is 11.7. The van der Waals surface area contributed by atoms with E-state index < -0.39 is 11.3 Å². The van der Waals surface area contributed by atoms with E-state index in [4.69, 9.17) is 0 Å². The number of carbonyl (C=O) groups excluding carboxylic acids is 2. The third-order valence-electron chi connectivity index (χ3n) is 2.33. The van der Waals surface area contributed by atoms with Crippen LogP contribution in [-0.4, -0.2) is 39.0 Å². The number of hydrogen-bond acceptors (Lipinski definition) is 5. The van der Waals surface area contributed by atoms with Crippen molar-refractivity contribution in [2.45, 2.75) is 37.7 Å². The molecule has 0 aliphatic rings. The number of rotatable bonds is 4. The first-order valence-corrected chi connectivity index (χ1v) is 6.46. The quantitative estimate of drug-likeness (QED) is 0.780. The third-order valence-corrected chi connectivity index (χ3v) is 3.41. The average molecular weight is 271 g/mol. The number of nitrogens with zero attached hydrogens (tertiary/aromatic N) is 3. The fourth-order valence-electron chi connectivity index (χ4n) is 1.30. The third kappa shape index (κ3) is 3.46. The monoisotopic (exact) mass is 271 g/mol. The molecule has 0 fully saturated rings. The number of nitrogens with one attached hydrogen (secondary N) is 2. The van der Waals surface area contributed by atoms with Crippen LogP contribution in [0.5, 0.6) is 0 Å². The van der Waals surface area contributed by atoms with Gasteiger partial charge in [-0.2, -0.15) is 0 Å². The predicted molar refractivity (Wildman–Crippen MR) is 68.4 cm³/mol. The summed E-state index contributed by atoms with van der Waals surface area (Å²) in [7, 11) is 1.46. The molecule has 1 aromatic rings. The Hall–Kier alpha value is -1.57.